The van der Waals surface area contributed by atoms with Gasteiger partial charge in [-0.3, -0.25) is 4.79 Å². The van der Waals surface area contributed by atoms with Gasteiger partial charge in [0.15, 0.2) is 18.7 Å². The smallest absolute Gasteiger partial charge is 0.332 e. The monoisotopic (exact) mass is 807 g/mol. The molecule has 16 heteroatoms. The number of aliphatic hydroxyl groups is 5. The highest BCUT2D eigenvalue weighted by Crippen LogP contribution is 2.40. The van der Waals surface area contributed by atoms with Crippen molar-refractivity contribution < 1.29 is 68.3 Å². The Hall–Kier alpha value is -1.54. The molecule has 0 saturated carbocycles. The zero-order valence-electron chi connectivity index (χ0n) is 36.0. The van der Waals surface area contributed by atoms with Crippen molar-refractivity contribution in [1.82, 2.24) is 9.80 Å². The van der Waals surface area contributed by atoms with Crippen molar-refractivity contribution >= 4 is 11.9 Å². The second kappa shape index (κ2) is 20.6. The fourth-order valence-electron chi connectivity index (χ4n) is 8.84. The van der Waals surface area contributed by atoms with Crippen LogP contribution in [0.5, 0.6) is 0 Å². The zero-order valence-corrected chi connectivity index (χ0v) is 36.0. The topological polar surface area (TPSA) is 206 Å². The molecule has 0 aliphatic carbocycles. The molecular weight excluding hydrogens is 732 g/mol. The first-order valence-electron chi connectivity index (χ1n) is 20.4. The van der Waals surface area contributed by atoms with Gasteiger partial charge in [0.25, 0.3) is 0 Å². The molecule has 0 aromatic rings. The molecule has 0 aromatic heterocycles. The summed E-state index contributed by atoms with van der Waals surface area (Å²) in [5.74, 6) is -3.65. The molecule has 16 nitrogen and oxygen atoms in total. The molecule has 0 amide bonds. The number of nitrogens with zero attached hydrogens (tertiary/aromatic N) is 2. The van der Waals surface area contributed by atoms with Crippen LogP contribution in [0.3, 0.4) is 0 Å². The van der Waals surface area contributed by atoms with E-state index in [0.717, 1.165) is 0 Å². The van der Waals surface area contributed by atoms with Crippen molar-refractivity contribution in [3.8, 4) is 0 Å². The molecule has 328 valence electrons. The summed E-state index contributed by atoms with van der Waals surface area (Å²) in [6, 6.07) is -0.919. The SMILES string of the molecule is CC[C@@H]1O[C@@H](O[C@H]2[C@H](C)[C@@H](O[C@@H]3O[C@H](C)C[C@H](N(C)C)[C@H]3OC(=O)CO)[C@](C)(O)C[C@@H](C)CN(C)[C@H](C)[C@@H](O)[C@H](O)[C@@H](CC)OC(=O)[C@@H]2C)C[C@@](C)(OC)[C@H]1O. The lowest BCUT2D eigenvalue weighted by molar-refractivity contribution is -0.320. The van der Waals surface area contributed by atoms with Gasteiger partial charge in [-0.25, -0.2) is 4.79 Å². The van der Waals surface area contributed by atoms with E-state index in [0.29, 0.717) is 19.4 Å². The summed E-state index contributed by atoms with van der Waals surface area (Å²) in [6.45, 7) is 15.6. The molecule has 3 saturated heterocycles. The Labute approximate surface area is 334 Å². The van der Waals surface area contributed by atoms with Gasteiger partial charge in [0.2, 0.25) is 0 Å². The predicted octanol–water partition coefficient (Wildman–Crippen LogP) is 1.44. The van der Waals surface area contributed by atoms with Crippen LogP contribution in [0, 0.1) is 17.8 Å². The lowest BCUT2D eigenvalue weighted by Crippen LogP contribution is -2.61. The molecule has 18 atom stereocenters. The van der Waals surface area contributed by atoms with Crippen molar-refractivity contribution in [3.05, 3.63) is 0 Å². The standard InChI is InChI=1S/C40H74N2O14/c1-14-27-32(46)31(45)25(7)42(12)19-21(3)17-39(8,49)36(56-38-34(54-29(44)20-43)26(41(10)11)16-22(4)51-38)23(5)33(24(6)37(48)53-27)55-30-18-40(9,50-13)35(47)28(15-2)52-30/h21-28,30-36,38,43,45-47,49H,14-20H2,1-13H3/t21-,22-,23+,24-,25-,26+,27-,28+,30+,31-,32-,33+,34-,35+,36-,38+,39-,40-/m1/s1. The summed E-state index contributed by atoms with van der Waals surface area (Å²) >= 11 is 0. The number of carbonyl (C=O) groups excluding carboxylic acids is 2. The van der Waals surface area contributed by atoms with E-state index in [1.807, 2.05) is 51.7 Å². The maximum absolute atomic E-state index is 14.2. The Morgan fingerprint density at radius 1 is 0.946 bits per heavy atom. The van der Waals surface area contributed by atoms with Crippen LogP contribution < -0.4 is 0 Å². The minimum absolute atomic E-state index is 0.102. The van der Waals surface area contributed by atoms with Crippen LogP contribution in [0.15, 0.2) is 0 Å². The normalized spacial score (nSPS) is 45.4. The van der Waals surface area contributed by atoms with Gasteiger partial charge in [0.05, 0.1) is 53.7 Å². The van der Waals surface area contributed by atoms with Gasteiger partial charge in [-0.05, 0) is 87.4 Å². The van der Waals surface area contributed by atoms with E-state index >= 15 is 0 Å². The average Bonchev–Trinajstić information content (AvgIpc) is 3.14. The number of esters is 2. The first-order chi connectivity index (χ1) is 26.0. The number of likely N-dealkylation sites (N-methyl/N-ethyl adjacent to an activating group) is 2. The van der Waals surface area contributed by atoms with Crippen LogP contribution >= 0.6 is 0 Å². The first kappa shape index (κ1) is 48.8. The molecule has 0 aromatic carbocycles. The predicted molar refractivity (Wildman–Crippen MR) is 205 cm³/mol. The third kappa shape index (κ3) is 11.6. The molecule has 3 aliphatic heterocycles. The van der Waals surface area contributed by atoms with Crippen LogP contribution in [-0.2, 0) is 42.7 Å². The number of rotatable bonds is 10. The Balaban J connectivity index is 2.22. The van der Waals surface area contributed by atoms with E-state index < -0.39 is 109 Å². The molecule has 3 fully saturated rings. The van der Waals surface area contributed by atoms with Crippen molar-refractivity contribution in [2.75, 3.05) is 41.4 Å². The molecule has 3 heterocycles. The number of methoxy groups -OCH3 is 1. The number of ether oxygens (including phenoxy) is 7. The minimum atomic E-state index is -1.64. The average molecular weight is 807 g/mol. The Bertz CT molecular complexity index is 1240. The zero-order chi connectivity index (χ0) is 42.4. The Morgan fingerprint density at radius 3 is 2.12 bits per heavy atom. The summed E-state index contributed by atoms with van der Waals surface area (Å²) in [6.07, 6.45) is -9.66. The van der Waals surface area contributed by atoms with Gasteiger partial charge in [0, 0.05) is 32.0 Å². The van der Waals surface area contributed by atoms with Crippen LogP contribution in [0.25, 0.3) is 0 Å². The van der Waals surface area contributed by atoms with E-state index in [-0.39, 0.29) is 37.3 Å². The molecular formula is C40H74N2O14. The highest BCUT2D eigenvalue weighted by molar-refractivity contribution is 5.73. The Kier molecular flexibility index (Phi) is 18.0. The van der Waals surface area contributed by atoms with Gasteiger partial charge in [0.1, 0.15) is 24.9 Å². The highest BCUT2D eigenvalue weighted by atomic mass is 16.7. The summed E-state index contributed by atoms with van der Waals surface area (Å²) < 4.78 is 43.8. The van der Waals surface area contributed by atoms with Gasteiger partial charge in [-0.15, -0.1) is 0 Å². The maximum Gasteiger partial charge on any atom is 0.332 e. The molecule has 5 N–H and O–H groups in total. The van der Waals surface area contributed by atoms with E-state index in [4.69, 9.17) is 33.2 Å². The second-order valence-electron chi connectivity index (χ2n) is 17.4. The Morgan fingerprint density at radius 2 is 1.57 bits per heavy atom. The number of hydrogen-bond acceptors (Lipinski definition) is 16. The van der Waals surface area contributed by atoms with Crippen LogP contribution in [0.4, 0.5) is 0 Å². The van der Waals surface area contributed by atoms with Crippen LogP contribution in [0.2, 0.25) is 0 Å². The largest absolute Gasteiger partial charge is 0.459 e. The third-order valence-electron chi connectivity index (χ3n) is 12.4. The van der Waals surface area contributed by atoms with Gasteiger partial charge in [-0.1, -0.05) is 27.7 Å². The number of carbonyl (C=O) groups is 2. The first-order valence-corrected chi connectivity index (χ1v) is 20.4. The summed E-state index contributed by atoms with van der Waals surface area (Å²) in [4.78, 5) is 30.6. The van der Waals surface area contributed by atoms with E-state index in [9.17, 15) is 35.1 Å². The summed E-state index contributed by atoms with van der Waals surface area (Å²) in [5, 5.41) is 56.1. The molecule has 0 unspecified atom stereocenters. The maximum atomic E-state index is 14.2. The van der Waals surface area contributed by atoms with E-state index in [2.05, 4.69) is 0 Å². The quantitative estimate of drug-likeness (QED) is 0.198. The van der Waals surface area contributed by atoms with Crippen LogP contribution in [-0.4, -0.2) is 179 Å². The highest BCUT2D eigenvalue weighted by Gasteiger charge is 2.52. The minimum Gasteiger partial charge on any atom is -0.459 e. The van der Waals surface area contributed by atoms with Crippen molar-refractivity contribution in [2.24, 2.45) is 17.8 Å². The molecule has 0 bridgehead atoms. The third-order valence-corrected chi connectivity index (χ3v) is 12.4. The van der Waals surface area contributed by atoms with Crippen molar-refractivity contribution in [1.29, 1.82) is 0 Å². The van der Waals surface area contributed by atoms with Crippen LogP contribution in [0.1, 0.15) is 94.4 Å². The molecule has 3 rings (SSSR count). The van der Waals surface area contributed by atoms with E-state index in [1.165, 1.54) is 7.11 Å². The summed E-state index contributed by atoms with van der Waals surface area (Å²) in [7, 11) is 7.00. The van der Waals surface area contributed by atoms with Gasteiger partial charge < -0.3 is 68.5 Å². The lowest BCUT2D eigenvalue weighted by atomic mass is 9.77. The molecule has 56 heavy (non-hydrogen) atoms. The van der Waals surface area contributed by atoms with E-state index in [1.54, 1.807) is 41.5 Å². The fourth-order valence-corrected chi connectivity index (χ4v) is 8.84. The number of hydrogen-bond donors (Lipinski definition) is 5. The lowest BCUT2D eigenvalue weighted by Gasteiger charge is -2.49. The second-order valence-corrected chi connectivity index (χ2v) is 17.4. The van der Waals surface area contributed by atoms with Crippen molar-refractivity contribution in [3.63, 3.8) is 0 Å². The van der Waals surface area contributed by atoms with Gasteiger partial charge >= 0.3 is 11.9 Å². The summed E-state index contributed by atoms with van der Waals surface area (Å²) in [5.41, 5.74) is -2.70. The molecule has 0 radical (unpaired) electrons. The number of cyclic esters (lactones) is 1. The van der Waals surface area contributed by atoms with Gasteiger partial charge in [-0.2, -0.15) is 0 Å². The fraction of sp³-hybridized carbons (Fsp3) is 0.950. The molecule has 3 aliphatic rings. The van der Waals surface area contributed by atoms with Crippen molar-refractivity contribution in [2.45, 2.75) is 185 Å². The molecule has 0 spiro atoms. The number of aliphatic hydroxyl groups excluding tert-OH is 4.